The summed E-state index contributed by atoms with van der Waals surface area (Å²) in [6.45, 7) is 4.40. The minimum absolute atomic E-state index is 0.127. The predicted molar refractivity (Wildman–Crippen MR) is 78.2 cm³/mol. The summed E-state index contributed by atoms with van der Waals surface area (Å²) in [6, 6.07) is 4.99. The van der Waals surface area contributed by atoms with Crippen LogP contribution in [0.2, 0.25) is 5.02 Å². The fourth-order valence-corrected chi connectivity index (χ4v) is 3.00. The van der Waals surface area contributed by atoms with Crippen molar-refractivity contribution in [3.8, 4) is 0 Å². The maximum Gasteiger partial charge on any atom is 0.161 e. The molecule has 1 aliphatic rings. The van der Waals surface area contributed by atoms with Gasteiger partial charge in [-0.2, -0.15) is 0 Å². The van der Waals surface area contributed by atoms with Gasteiger partial charge in [0.2, 0.25) is 0 Å². The molecule has 0 amide bonds. The molecular weight excluding hydrogens is 271 g/mol. The molecule has 1 heterocycles. The zero-order valence-electron chi connectivity index (χ0n) is 10.4. The molecule has 2 rings (SSSR count). The lowest BCUT2D eigenvalue weighted by atomic mass is 10.1. The van der Waals surface area contributed by atoms with E-state index < -0.39 is 5.82 Å². The third-order valence-corrected chi connectivity index (χ3v) is 3.95. The molecule has 0 saturated carbocycles. The van der Waals surface area contributed by atoms with Crippen LogP contribution in [-0.2, 0) is 0 Å². The minimum atomic E-state index is -0.402. The van der Waals surface area contributed by atoms with Crippen molar-refractivity contribution < 1.29 is 4.39 Å². The molecule has 0 spiro atoms. The SMILES string of the molecule is CC(C)CC1CSC(Nc2ccc(F)c(Cl)c2)=N1. The van der Waals surface area contributed by atoms with E-state index >= 15 is 0 Å². The third kappa shape index (κ3) is 3.62. The van der Waals surface area contributed by atoms with Crippen LogP contribution in [0.3, 0.4) is 0 Å². The first kappa shape index (κ1) is 13.7. The van der Waals surface area contributed by atoms with Gasteiger partial charge in [0, 0.05) is 11.4 Å². The summed E-state index contributed by atoms with van der Waals surface area (Å²) in [5.41, 5.74) is 0.776. The van der Waals surface area contributed by atoms with E-state index in [1.165, 1.54) is 6.07 Å². The lowest BCUT2D eigenvalue weighted by Crippen LogP contribution is -2.08. The summed E-state index contributed by atoms with van der Waals surface area (Å²) in [5, 5.41) is 4.19. The topological polar surface area (TPSA) is 24.4 Å². The van der Waals surface area contributed by atoms with Crippen LogP contribution in [-0.4, -0.2) is 17.0 Å². The third-order valence-electron chi connectivity index (χ3n) is 2.63. The van der Waals surface area contributed by atoms with Crippen LogP contribution in [0.5, 0.6) is 0 Å². The van der Waals surface area contributed by atoms with Gasteiger partial charge in [-0.15, -0.1) is 0 Å². The number of halogens is 2. The van der Waals surface area contributed by atoms with Crippen LogP contribution in [0, 0.1) is 11.7 Å². The first-order valence-corrected chi connectivity index (χ1v) is 7.33. The minimum Gasteiger partial charge on any atom is -0.335 e. The van der Waals surface area contributed by atoms with Crippen LogP contribution < -0.4 is 5.32 Å². The van der Waals surface area contributed by atoms with E-state index in [2.05, 4.69) is 24.2 Å². The molecule has 0 radical (unpaired) electrons. The summed E-state index contributed by atoms with van der Waals surface area (Å²) in [7, 11) is 0. The molecule has 1 N–H and O–H groups in total. The molecule has 0 fully saturated rings. The molecule has 1 aromatic carbocycles. The van der Waals surface area contributed by atoms with E-state index in [0.29, 0.717) is 12.0 Å². The van der Waals surface area contributed by atoms with Gasteiger partial charge < -0.3 is 5.32 Å². The van der Waals surface area contributed by atoms with Crippen molar-refractivity contribution in [1.82, 2.24) is 0 Å². The summed E-state index contributed by atoms with van der Waals surface area (Å²) in [6.07, 6.45) is 1.10. The van der Waals surface area contributed by atoms with Crippen LogP contribution in [0.15, 0.2) is 23.2 Å². The highest BCUT2D eigenvalue weighted by atomic mass is 35.5. The average Bonchev–Trinajstić information content (AvgIpc) is 2.70. The highest BCUT2D eigenvalue weighted by molar-refractivity contribution is 8.14. The Morgan fingerprint density at radius 1 is 1.56 bits per heavy atom. The Kier molecular flexibility index (Phi) is 4.51. The van der Waals surface area contributed by atoms with Crippen LogP contribution >= 0.6 is 23.4 Å². The molecular formula is C13H16ClFN2S. The summed E-state index contributed by atoms with van der Waals surface area (Å²) in [5.74, 6) is 1.26. The molecule has 0 aliphatic carbocycles. The number of anilines is 1. The second-order valence-electron chi connectivity index (χ2n) is 4.78. The molecule has 18 heavy (non-hydrogen) atoms. The lowest BCUT2D eigenvalue weighted by Gasteiger charge is -2.07. The van der Waals surface area contributed by atoms with Crippen molar-refractivity contribution in [1.29, 1.82) is 0 Å². The van der Waals surface area contributed by atoms with Gasteiger partial charge in [-0.25, -0.2) is 4.39 Å². The second-order valence-corrected chi connectivity index (χ2v) is 6.20. The number of thioether (sulfide) groups is 1. The molecule has 0 saturated heterocycles. The fraction of sp³-hybridized carbons (Fsp3) is 0.462. The molecule has 1 atom stereocenters. The Bertz CT molecular complexity index is 462. The second kappa shape index (κ2) is 5.93. The number of nitrogens with one attached hydrogen (secondary N) is 1. The predicted octanol–water partition coefficient (Wildman–Crippen LogP) is 4.41. The fourth-order valence-electron chi connectivity index (χ4n) is 1.85. The smallest absolute Gasteiger partial charge is 0.161 e. The van der Waals surface area contributed by atoms with E-state index in [4.69, 9.17) is 11.6 Å². The van der Waals surface area contributed by atoms with Crippen LogP contribution in [0.4, 0.5) is 10.1 Å². The Balaban J connectivity index is 1.99. The van der Waals surface area contributed by atoms with Crippen molar-refractivity contribution in [2.75, 3.05) is 11.1 Å². The first-order valence-electron chi connectivity index (χ1n) is 5.97. The molecule has 1 aliphatic heterocycles. The zero-order valence-corrected chi connectivity index (χ0v) is 12.0. The largest absolute Gasteiger partial charge is 0.335 e. The van der Waals surface area contributed by atoms with Crippen molar-refractivity contribution in [3.63, 3.8) is 0 Å². The number of rotatable bonds is 3. The monoisotopic (exact) mass is 286 g/mol. The number of benzene rings is 1. The number of nitrogens with zero attached hydrogens (tertiary/aromatic N) is 1. The van der Waals surface area contributed by atoms with Gasteiger partial charge in [0.05, 0.1) is 11.1 Å². The van der Waals surface area contributed by atoms with E-state index in [0.717, 1.165) is 23.0 Å². The Hall–Kier alpha value is -0.740. The Morgan fingerprint density at radius 3 is 3.00 bits per heavy atom. The Morgan fingerprint density at radius 2 is 2.33 bits per heavy atom. The summed E-state index contributed by atoms with van der Waals surface area (Å²) < 4.78 is 13.0. The zero-order chi connectivity index (χ0) is 13.1. The maximum absolute atomic E-state index is 13.0. The van der Waals surface area contributed by atoms with Gasteiger partial charge in [0.15, 0.2) is 5.17 Å². The van der Waals surface area contributed by atoms with Crippen molar-refractivity contribution in [2.24, 2.45) is 10.9 Å². The van der Waals surface area contributed by atoms with Gasteiger partial charge in [0.1, 0.15) is 5.82 Å². The van der Waals surface area contributed by atoms with E-state index in [1.54, 1.807) is 23.9 Å². The summed E-state index contributed by atoms with van der Waals surface area (Å²) >= 11 is 7.43. The van der Waals surface area contributed by atoms with Gasteiger partial charge >= 0.3 is 0 Å². The maximum atomic E-state index is 13.0. The van der Waals surface area contributed by atoms with Gasteiger partial charge in [0.25, 0.3) is 0 Å². The van der Waals surface area contributed by atoms with Gasteiger partial charge in [-0.1, -0.05) is 37.2 Å². The van der Waals surface area contributed by atoms with E-state index in [-0.39, 0.29) is 5.02 Å². The first-order chi connectivity index (χ1) is 8.54. The van der Waals surface area contributed by atoms with Crippen LogP contribution in [0.1, 0.15) is 20.3 Å². The van der Waals surface area contributed by atoms with Crippen molar-refractivity contribution >= 4 is 34.2 Å². The van der Waals surface area contributed by atoms with E-state index in [9.17, 15) is 4.39 Å². The quantitative estimate of drug-likeness (QED) is 0.890. The number of aliphatic imine (C=N–C) groups is 1. The lowest BCUT2D eigenvalue weighted by molar-refractivity contribution is 0.529. The highest BCUT2D eigenvalue weighted by Gasteiger charge is 2.19. The van der Waals surface area contributed by atoms with Crippen molar-refractivity contribution in [2.45, 2.75) is 26.3 Å². The number of hydrogen-bond donors (Lipinski definition) is 1. The average molecular weight is 287 g/mol. The Labute approximate surface area is 116 Å². The highest BCUT2D eigenvalue weighted by Crippen LogP contribution is 2.25. The molecule has 2 nitrogen and oxygen atoms in total. The molecule has 98 valence electrons. The molecule has 1 unspecified atom stereocenters. The summed E-state index contributed by atoms with van der Waals surface area (Å²) in [4.78, 5) is 4.61. The van der Waals surface area contributed by atoms with Crippen LogP contribution in [0.25, 0.3) is 0 Å². The number of amidine groups is 1. The molecule has 5 heteroatoms. The molecule has 0 bridgehead atoms. The van der Waals surface area contributed by atoms with E-state index in [1.807, 2.05) is 0 Å². The molecule has 1 aromatic rings. The van der Waals surface area contributed by atoms with Gasteiger partial charge in [-0.3, -0.25) is 4.99 Å². The normalized spacial score (nSPS) is 19.2. The standard InChI is InChI=1S/C13H16ClFN2S/c1-8(2)5-10-7-18-13(17-10)16-9-3-4-12(15)11(14)6-9/h3-4,6,8,10H,5,7H2,1-2H3,(H,16,17). The number of hydrogen-bond acceptors (Lipinski definition) is 3. The molecule has 0 aromatic heterocycles. The van der Waals surface area contributed by atoms with Crippen molar-refractivity contribution in [3.05, 3.63) is 29.0 Å². The van der Waals surface area contributed by atoms with Gasteiger partial charge in [-0.05, 0) is 30.5 Å².